The number of nitrogens with zero attached hydrogens (tertiary/aromatic N) is 1. The molecule has 3 amide bonds. The molecule has 0 spiro atoms. The lowest BCUT2D eigenvalue weighted by molar-refractivity contribution is -0.151. The van der Waals surface area contributed by atoms with Gasteiger partial charge in [-0.1, -0.05) is 85.8 Å². The fraction of sp³-hybridized carbons (Fsp3) is 0.241. The first-order valence-electron chi connectivity index (χ1n) is 12.2. The molecule has 37 heavy (non-hydrogen) atoms. The number of carbonyl (C=O) groups excluding carboxylic acids is 4. The second-order valence-electron chi connectivity index (χ2n) is 8.80. The van der Waals surface area contributed by atoms with E-state index in [0.29, 0.717) is 5.69 Å². The number of amides is 3. The SMILES string of the molecule is CCc1ccccc1NC(=O)COC(=O)[C@@H]1CC(=O)N(NC(=O)C(c2ccccc2)c2ccccc2)C1. The van der Waals surface area contributed by atoms with Gasteiger partial charge in [-0.2, -0.15) is 0 Å². The number of nitrogens with one attached hydrogen (secondary N) is 2. The van der Waals surface area contributed by atoms with Crippen LogP contribution in [0.4, 0.5) is 5.69 Å². The molecule has 1 heterocycles. The molecule has 8 heteroatoms. The third-order valence-corrected chi connectivity index (χ3v) is 6.25. The van der Waals surface area contributed by atoms with E-state index in [4.69, 9.17) is 4.74 Å². The van der Waals surface area contributed by atoms with Crippen LogP contribution in [0.15, 0.2) is 84.9 Å². The molecule has 0 radical (unpaired) electrons. The molecule has 1 atom stereocenters. The van der Waals surface area contributed by atoms with Crippen LogP contribution in [0.3, 0.4) is 0 Å². The first kappa shape index (κ1) is 25.6. The normalized spacial score (nSPS) is 14.9. The molecule has 1 saturated heterocycles. The number of para-hydroxylation sites is 1. The summed E-state index contributed by atoms with van der Waals surface area (Å²) in [5, 5.41) is 3.90. The summed E-state index contributed by atoms with van der Waals surface area (Å²) >= 11 is 0. The van der Waals surface area contributed by atoms with Crippen LogP contribution in [0.2, 0.25) is 0 Å². The molecule has 190 valence electrons. The molecular weight excluding hydrogens is 470 g/mol. The predicted molar refractivity (Wildman–Crippen MR) is 138 cm³/mol. The first-order chi connectivity index (χ1) is 18.0. The largest absolute Gasteiger partial charge is 0.455 e. The zero-order valence-corrected chi connectivity index (χ0v) is 20.6. The molecule has 1 aliphatic rings. The minimum Gasteiger partial charge on any atom is -0.455 e. The van der Waals surface area contributed by atoms with Crippen molar-refractivity contribution in [3.63, 3.8) is 0 Å². The van der Waals surface area contributed by atoms with Gasteiger partial charge in [-0.15, -0.1) is 0 Å². The average Bonchev–Trinajstić information content (AvgIpc) is 3.29. The molecule has 4 rings (SSSR count). The maximum atomic E-state index is 13.3. The van der Waals surface area contributed by atoms with E-state index < -0.39 is 36.2 Å². The van der Waals surface area contributed by atoms with Crippen LogP contribution in [-0.2, 0) is 30.3 Å². The van der Waals surface area contributed by atoms with Gasteiger partial charge in [-0.05, 0) is 29.2 Å². The highest BCUT2D eigenvalue weighted by atomic mass is 16.5. The van der Waals surface area contributed by atoms with E-state index in [-0.39, 0.29) is 18.9 Å². The Morgan fingerprint density at radius 1 is 0.919 bits per heavy atom. The van der Waals surface area contributed by atoms with E-state index in [2.05, 4.69) is 10.7 Å². The van der Waals surface area contributed by atoms with E-state index in [1.54, 1.807) is 6.07 Å². The van der Waals surface area contributed by atoms with Crippen molar-refractivity contribution >= 4 is 29.4 Å². The van der Waals surface area contributed by atoms with Crippen LogP contribution < -0.4 is 10.7 Å². The van der Waals surface area contributed by atoms with Gasteiger partial charge in [-0.25, -0.2) is 0 Å². The highest BCUT2D eigenvalue weighted by molar-refractivity contribution is 5.95. The Bertz CT molecular complexity index is 1220. The monoisotopic (exact) mass is 499 g/mol. The second kappa shape index (κ2) is 12.0. The number of rotatable bonds is 9. The molecule has 2 N–H and O–H groups in total. The molecular formula is C29H29N3O5. The molecule has 3 aromatic carbocycles. The number of hydrogen-bond donors (Lipinski definition) is 2. The molecule has 1 aliphatic heterocycles. The van der Waals surface area contributed by atoms with Crippen molar-refractivity contribution < 1.29 is 23.9 Å². The third kappa shape index (κ3) is 6.41. The number of benzene rings is 3. The first-order valence-corrected chi connectivity index (χ1v) is 12.2. The topological polar surface area (TPSA) is 105 Å². The number of anilines is 1. The van der Waals surface area contributed by atoms with E-state index in [0.717, 1.165) is 28.1 Å². The van der Waals surface area contributed by atoms with Crippen LogP contribution >= 0.6 is 0 Å². The van der Waals surface area contributed by atoms with Gasteiger partial charge in [0.25, 0.3) is 11.8 Å². The standard InChI is InChI=1S/C29H29N3O5/c1-2-20-11-9-10-16-24(20)30-25(33)19-37-29(36)23-17-26(34)32(18-23)31-28(35)27(21-12-5-3-6-13-21)22-14-7-4-8-15-22/h3-16,23,27H,2,17-19H2,1H3,(H,30,33)(H,31,35)/t23-/m1/s1. The van der Waals surface area contributed by atoms with Crippen LogP contribution in [0.25, 0.3) is 0 Å². The summed E-state index contributed by atoms with van der Waals surface area (Å²) in [4.78, 5) is 50.8. The highest BCUT2D eigenvalue weighted by Crippen LogP contribution is 2.26. The summed E-state index contributed by atoms with van der Waals surface area (Å²) in [6.45, 7) is 1.49. The molecule has 0 unspecified atom stereocenters. The van der Waals surface area contributed by atoms with Crippen molar-refractivity contribution in [3.8, 4) is 0 Å². The fourth-order valence-corrected chi connectivity index (χ4v) is 4.35. The molecule has 3 aromatic rings. The van der Waals surface area contributed by atoms with E-state index in [1.165, 1.54) is 0 Å². The smallest absolute Gasteiger partial charge is 0.311 e. The maximum absolute atomic E-state index is 13.3. The summed E-state index contributed by atoms with van der Waals surface area (Å²) in [6.07, 6.45) is 0.637. The highest BCUT2D eigenvalue weighted by Gasteiger charge is 2.37. The third-order valence-electron chi connectivity index (χ3n) is 6.25. The summed E-state index contributed by atoms with van der Waals surface area (Å²) in [6, 6.07) is 25.9. The van der Waals surface area contributed by atoms with Crippen LogP contribution in [-0.4, -0.2) is 41.9 Å². The fourth-order valence-electron chi connectivity index (χ4n) is 4.35. The van der Waals surface area contributed by atoms with Gasteiger partial charge in [0.15, 0.2) is 6.61 Å². The minimum atomic E-state index is -0.782. The summed E-state index contributed by atoms with van der Waals surface area (Å²) in [5.74, 6) is -3.31. The molecule has 0 aromatic heterocycles. The zero-order chi connectivity index (χ0) is 26.2. The van der Waals surface area contributed by atoms with Gasteiger partial charge in [-0.3, -0.25) is 29.6 Å². The molecule has 1 fully saturated rings. The Balaban J connectivity index is 1.34. The lowest BCUT2D eigenvalue weighted by Gasteiger charge is -2.23. The van der Waals surface area contributed by atoms with Gasteiger partial charge in [0.1, 0.15) is 0 Å². The van der Waals surface area contributed by atoms with Gasteiger partial charge < -0.3 is 10.1 Å². The van der Waals surface area contributed by atoms with Crippen molar-refractivity contribution in [1.82, 2.24) is 10.4 Å². The molecule has 0 bridgehead atoms. The van der Waals surface area contributed by atoms with Crippen molar-refractivity contribution in [1.29, 1.82) is 0 Å². The predicted octanol–water partition coefficient (Wildman–Crippen LogP) is 3.44. The second-order valence-corrected chi connectivity index (χ2v) is 8.80. The summed E-state index contributed by atoms with van der Waals surface area (Å²) in [5.41, 5.74) is 5.88. The number of hydrazine groups is 1. The van der Waals surface area contributed by atoms with Gasteiger partial charge in [0, 0.05) is 12.1 Å². The van der Waals surface area contributed by atoms with Gasteiger partial charge >= 0.3 is 5.97 Å². The van der Waals surface area contributed by atoms with Crippen LogP contribution in [0.1, 0.15) is 36.0 Å². The van der Waals surface area contributed by atoms with Gasteiger partial charge in [0.05, 0.1) is 18.4 Å². The quantitative estimate of drug-likeness (QED) is 0.439. The minimum absolute atomic E-state index is 0.0278. The zero-order valence-electron chi connectivity index (χ0n) is 20.6. The van der Waals surface area contributed by atoms with E-state index >= 15 is 0 Å². The maximum Gasteiger partial charge on any atom is 0.311 e. The number of esters is 1. The van der Waals surface area contributed by atoms with Gasteiger partial charge in [0.2, 0.25) is 5.91 Å². The van der Waals surface area contributed by atoms with Crippen molar-refractivity contribution in [2.75, 3.05) is 18.5 Å². The van der Waals surface area contributed by atoms with Crippen molar-refractivity contribution in [3.05, 3.63) is 102 Å². The number of carbonyl (C=O) groups is 4. The Labute approximate surface area is 215 Å². The number of ether oxygens (including phenoxy) is 1. The Morgan fingerprint density at radius 2 is 1.51 bits per heavy atom. The molecule has 0 saturated carbocycles. The van der Waals surface area contributed by atoms with E-state index in [1.807, 2.05) is 85.8 Å². The average molecular weight is 500 g/mol. The summed E-state index contributed by atoms with van der Waals surface area (Å²) < 4.78 is 5.18. The van der Waals surface area contributed by atoms with Crippen LogP contribution in [0, 0.1) is 5.92 Å². The lowest BCUT2D eigenvalue weighted by atomic mass is 9.91. The molecule has 8 nitrogen and oxygen atoms in total. The van der Waals surface area contributed by atoms with Crippen molar-refractivity contribution in [2.24, 2.45) is 5.92 Å². The summed E-state index contributed by atoms with van der Waals surface area (Å²) in [7, 11) is 0. The Morgan fingerprint density at radius 3 is 2.14 bits per heavy atom. The molecule has 0 aliphatic carbocycles. The Hall–Kier alpha value is -4.46. The van der Waals surface area contributed by atoms with Crippen LogP contribution in [0.5, 0.6) is 0 Å². The Kier molecular flexibility index (Phi) is 8.30. The van der Waals surface area contributed by atoms with E-state index in [9.17, 15) is 19.2 Å². The number of aryl methyl sites for hydroxylation is 1. The lowest BCUT2D eigenvalue weighted by Crippen LogP contribution is -2.45. The number of hydrogen-bond acceptors (Lipinski definition) is 5. The van der Waals surface area contributed by atoms with Crippen molar-refractivity contribution in [2.45, 2.75) is 25.7 Å².